The van der Waals surface area contributed by atoms with E-state index in [-0.39, 0.29) is 18.8 Å². The van der Waals surface area contributed by atoms with Crippen LogP contribution in [0, 0.1) is 0 Å². The zero-order valence-corrected chi connectivity index (χ0v) is 16.2. The molecule has 3 aromatic rings. The lowest BCUT2D eigenvalue weighted by Crippen LogP contribution is -2.36. The van der Waals surface area contributed by atoms with E-state index in [9.17, 15) is 4.79 Å². The molecular formula is C23H20N2O4. The van der Waals surface area contributed by atoms with Crippen LogP contribution >= 0.6 is 0 Å². The normalized spacial score (nSPS) is 21.3. The average molecular weight is 388 g/mol. The predicted molar refractivity (Wildman–Crippen MR) is 109 cm³/mol. The quantitative estimate of drug-likeness (QED) is 0.639. The minimum absolute atomic E-state index is 0.277. The first-order valence-electron chi connectivity index (χ1n) is 9.43. The molecule has 6 nitrogen and oxygen atoms in total. The highest BCUT2D eigenvalue weighted by Gasteiger charge is 2.48. The van der Waals surface area contributed by atoms with Crippen LogP contribution in [0.1, 0.15) is 23.0 Å². The number of nitrogens with zero attached hydrogens (tertiary/aromatic N) is 2. The Morgan fingerprint density at radius 2 is 2.00 bits per heavy atom. The van der Waals surface area contributed by atoms with Gasteiger partial charge in [-0.15, -0.1) is 0 Å². The van der Waals surface area contributed by atoms with Gasteiger partial charge in [0.1, 0.15) is 5.75 Å². The minimum atomic E-state index is -0.508. The first-order chi connectivity index (χ1) is 14.2. The van der Waals surface area contributed by atoms with Crippen LogP contribution in [0.2, 0.25) is 0 Å². The molecule has 1 saturated heterocycles. The lowest BCUT2D eigenvalue weighted by Gasteiger charge is -2.23. The Labute approximate surface area is 168 Å². The fourth-order valence-corrected chi connectivity index (χ4v) is 4.02. The first kappa shape index (κ1) is 17.7. The number of fused-ring (bicyclic) bond motifs is 4. The number of hydrogen-bond donors (Lipinski definition) is 0. The number of benzene rings is 2. The van der Waals surface area contributed by atoms with E-state index in [2.05, 4.69) is 6.07 Å². The molecule has 2 atom stereocenters. The third-order valence-electron chi connectivity index (χ3n) is 5.41. The highest BCUT2D eigenvalue weighted by atomic mass is 16.5. The number of methoxy groups -OCH3 is 2. The van der Waals surface area contributed by atoms with Crippen molar-refractivity contribution < 1.29 is 19.0 Å². The van der Waals surface area contributed by atoms with Gasteiger partial charge in [0.25, 0.3) is 0 Å². The Bertz CT molecular complexity index is 1130. The Morgan fingerprint density at radius 1 is 1.17 bits per heavy atom. The van der Waals surface area contributed by atoms with Gasteiger partial charge in [-0.1, -0.05) is 30.3 Å². The minimum Gasteiger partial charge on any atom is -0.497 e. The number of carbonyl (C=O) groups is 1. The summed E-state index contributed by atoms with van der Waals surface area (Å²) in [6, 6.07) is 17.3. The van der Waals surface area contributed by atoms with Crippen molar-refractivity contribution in [2.75, 3.05) is 20.8 Å². The number of rotatable bonds is 3. The Balaban J connectivity index is 1.70. The second-order valence-corrected chi connectivity index (χ2v) is 7.06. The van der Waals surface area contributed by atoms with Crippen molar-refractivity contribution in [2.24, 2.45) is 0 Å². The smallest absolute Gasteiger partial charge is 0.331 e. The number of aromatic nitrogens is 1. The zero-order valence-electron chi connectivity index (χ0n) is 16.2. The summed E-state index contributed by atoms with van der Waals surface area (Å²) in [5, 5.41) is 0.967. The highest BCUT2D eigenvalue weighted by Crippen LogP contribution is 2.48. The molecule has 0 bridgehead atoms. The Morgan fingerprint density at radius 3 is 2.76 bits per heavy atom. The van der Waals surface area contributed by atoms with Crippen molar-refractivity contribution >= 4 is 28.6 Å². The van der Waals surface area contributed by atoms with Crippen molar-refractivity contribution in [3.8, 4) is 5.75 Å². The third kappa shape index (κ3) is 2.84. The summed E-state index contributed by atoms with van der Waals surface area (Å²) in [5.74, 6) is 0.458. The summed E-state index contributed by atoms with van der Waals surface area (Å²) in [4.78, 5) is 19.3. The summed E-state index contributed by atoms with van der Waals surface area (Å²) in [6.07, 6.45) is 1.68. The molecule has 2 aliphatic heterocycles. The molecule has 1 aromatic heterocycles. The SMILES string of the molecule is COC(=O)[C@@H]1CO[C@H]2c3cc4cc(OC)ccc4nc3/C(=C/c3ccccc3)N12. The Kier molecular flexibility index (Phi) is 4.21. The van der Waals surface area contributed by atoms with Crippen molar-refractivity contribution in [1.29, 1.82) is 0 Å². The largest absolute Gasteiger partial charge is 0.497 e. The average Bonchev–Trinajstić information content (AvgIpc) is 3.32. The number of pyridine rings is 1. The maximum atomic E-state index is 12.4. The van der Waals surface area contributed by atoms with Gasteiger partial charge in [-0.3, -0.25) is 0 Å². The molecule has 2 aromatic carbocycles. The van der Waals surface area contributed by atoms with Gasteiger partial charge in [0.15, 0.2) is 12.3 Å². The van der Waals surface area contributed by atoms with E-state index < -0.39 is 6.04 Å². The van der Waals surface area contributed by atoms with Gasteiger partial charge in [-0.25, -0.2) is 9.78 Å². The molecule has 6 heteroatoms. The molecular weight excluding hydrogens is 368 g/mol. The molecule has 2 aliphatic rings. The van der Waals surface area contributed by atoms with E-state index in [0.717, 1.165) is 39.2 Å². The van der Waals surface area contributed by atoms with E-state index in [1.807, 2.05) is 59.5 Å². The number of carbonyl (C=O) groups excluding carboxylic acids is 1. The van der Waals surface area contributed by atoms with Gasteiger partial charge in [0.05, 0.1) is 37.7 Å². The molecule has 3 heterocycles. The topological polar surface area (TPSA) is 60.9 Å². The molecule has 0 aliphatic carbocycles. The van der Waals surface area contributed by atoms with Crippen LogP contribution < -0.4 is 4.74 Å². The van der Waals surface area contributed by atoms with Gasteiger partial charge in [0, 0.05) is 10.9 Å². The standard InChI is InChI=1S/C23H20N2O4/c1-27-16-8-9-18-15(11-16)12-17-21(24-18)19(10-14-6-4-3-5-7-14)25-20(23(26)28-2)13-29-22(17)25/h3-12,20,22H,13H2,1-2H3/b19-10-/t20-,22-/m0/s1. The summed E-state index contributed by atoms with van der Waals surface area (Å²) in [6.45, 7) is 0.277. The molecule has 0 spiro atoms. The monoisotopic (exact) mass is 388 g/mol. The number of esters is 1. The molecule has 5 rings (SSSR count). The van der Waals surface area contributed by atoms with Crippen LogP contribution in [0.3, 0.4) is 0 Å². The van der Waals surface area contributed by atoms with Crippen molar-refractivity contribution in [1.82, 2.24) is 9.88 Å². The van der Waals surface area contributed by atoms with E-state index in [0.29, 0.717) is 0 Å². The number of ether oxygens (including phenoxy) is 3. The summed E-state index contributed by atoms with van der Waals surface area (Å²) >= 11 is 0. The summed E-state index contributed by atoms with van der Waals surface area (Å²) in [5.41, 5.74) is 4.52. The van der Waals surface area contributed by atoms with Crippen molar-refractivity contribution in [3.05, 3.63) is 71.4 Å². The van der Waals surface area contributed by atoms with Crippen LogP contribution in [0.25, 0.3) is 22.7 Å². The lowest BCUT2D eigenvalue weighted by molar-refractivity contribution is -0.144. The fourth-order valence-electron chi connectivity index (χ4n) is 4.02. The van der Waals surface area contributed by atoms with Gasteiger partial charge < -0.3 is 19.1 Å². The van der Waals surface area contributed by atoms with E-state index in [1.54, 1.807) is 7.11 Å². The molecule has 146 valence electrons. The first-order valence-corrected chi connectivity index (χ1v) is 9.43. The molecule has 29 heavy (non-hydrogen) atoms. The van der Waals surface area contributed by atoms with E-state index >= 15 is 0 Å². The predicted octanol–water partition coefficient (Wildman–Crippen LogP) is 3.63. The van der Waals surface area contributed by atoms with Gasteiger partial charge in [-0.2, -0.15) is 0 Å². The van der Waals surface area contributed by atoms with Crippen LogP contribution in [0.15, 0.2) is 54.6 Å². The van der Waals surface area contributed by atoms with Crippen molar-refractivity contribution in [2.45, 2.75) is 12.3 Å². The molecule has 0 saturated carbocycles. The van der Waals surface area contributed by atoms with E-state index in [1.165, 1.54) is 7.11 Å². The fraction of sp³-hybridized carbons (Fsp3) is 0.217. The molecule has 0 unspecified atom stereocenters. The van der Waals surface area contributed by atoms with E-state index in [4.69, 9.17) is 19.2 Å². The third-order valence-corrected chi connectivity index (χ3v) is 5.41. The summed E-state index contributed by atoms with van der Waals surface area (Å²) < 4.78 is 16.4. The molecule has 0 radical (unpaired) electrons. The molecule has 1 fully saturated rings. The highest BCUT2D eigenvalue weighted by molar-refractivity contribution is 5.91. The second-order valence-electron chi connectivity index (χ2n) is 7.06. The maximum Gasteiger partial charge on any atom is 0.331 e. The van der Waals surface area contributed by atoms with Crippen LogP contribution in [-0.4, -0.2) is 42.7 Å². The summed E-state index contributed by atoms with van der Waals surface area (Å²) in [7, 11) is 3.05. The molecule has 0 N–H and O–H groups in total. The Hall–Kier alpha value is -3.38. The van der Waals surface area contributed by atoms with Crippen molar-refractivity contribution in [3.63, 3.8) is 0 Å². The maximum absolute atomic E-state index is 12.4. The lowest BCUT2D eigenvalue weighted by atomic mass is 10.1. The van der Waals surface area contributed by atoms with Crippen LogP contribution in [-0.2, 0) is 14.3 Å². The van der Waals surface area contributed by atoms with Crippen LogP contribution in [0.4, 0.5) is 0 Å². The second kappa shape index (κ2) is 6.90. The zero-order chi connectivity index (χ0) is 20.0. The van der Waals surface area contributed by atoms with Gasteiger partial charge >= 0.3 is 5.97 Å². The molecule has 0 amide bonds. The van der Waals surface area contributed by atoms with Crippen LogP contribution in [0.5, 0.6) is 5.75 Å². The number of hydrogen-bond acceptors (Lipinski definition) is 6. The van der Waals surface area contributed by atoms with Gasteiger partial charge in [-0.05, 0) is 35.9 Å². The van der Waals surface area contributed by atoms with Gasteiger partial charge in [0.2, 0.25) is 0 Å².